The van der Waals surface area contributed by atoms with Crippen molar-refractivity contribution in [1.29, 1.82) is 0 Å². The summed E-state index contributed by atoms with van der Waals surface area (Å²) in [5, 5.41) is 0. The van der Waals surface area contributed by atoms with Crippen LogP contribution < -0.4 is 5.73 Å². The highest BCUT2D eigenvalue weighted by molar-refractivity contribution is 5.86. The van der Waals surface area contributed by atoms with Crippen LogP contribution in [0.25, 0.3) is 0 Å². The van der Waals surface area contributed by atoms with Gasteiger partial charge in [-0.15, -0.1) is 0 Å². The lowest BCUT2D eigenvalue weighted by molar-refractivity contribution is -0.142. The van der Waals surface area contributed by atoms with Gasteiger partial charge in [-0.2, -0.15) is 0 Å². The van der Waals surface area contributed by atoms with Gasteiger partial charge in [0.05, 0.1) is 5.54 Å². The predicted octanol–water partition coefficient (Wildman–Crippen LogP) is 2.69. The van der Waals surface area contributed by atoms with Gasteiger partial charge in [-0.3, -0.25) is 4.79 Å². The zero-order valence-electron chi connectivity index (χ0n) is 12.0. The Labute approximate surface area is 111 Å². The molecule has 104 valence electrons. The summed E-state index contributed by atoms with van der Waals surface area (Å²) in [6.45, 7) is 5.33. The first-order chi connectivity index (χ1) is 8.57. The summed E-state index contributed by atoms with van der Waals surface area (Å²) in [4.78, 5) is 14.9. The van der Waals surface area contributed by atoms with Gasteiger partial charge >= 0.3 is 0 Å². The summed E-state index contributed by atoms with van der Waals surface area (Å²) < 4.78 is 0. The minimum absolute atomic E-state index is 0.237. The van der Waals surface area contributed by atoms with E-state index in [1.807, 2.05) is 0 Å². The molecule has 0 bridgehead atoms. The SMILES string of the molecule is CCC1CCCCN1C(=O)C1(N)CCCC(C)C1. The number of carbonyl (C=O) groups is 1. The van der Waals surface area contributed by atoms with E-state index in [0.29, 0.717) is 12.0 Å². The van der Waals surface area contributed by atoms with Crippen LogP contribution in [0.2, 0.25) is 0 Å². The molecule has 1 aliphatic carbocycles. The quantitative estimate of drug-likeness (QED) is 0.821. The van der Waals surface area contributed by atoms with Gasteiger partial charge < -0.3 is 10.6 Å². The summed E-state index contributed by atoms with van der Waals surface area (Å²) in [5.74, 6) is 0.832. The largest absolute Gasteiger partial charge is 0.338 e. The number of rotatable bonds is 2. The first-order valence-electron chi connectivity index (χ1n) is 7.67. The minimum atomic E-state index is -0.567. The van der Waals surface area contributed by atoms with Gasteiger partial charge in [0, 0.05) is 12.6 Å². The van der Waals surface area contributed by atoms with Crippen LogP contribution in [0.5, 0.6) is 0 Å². The second-order valence-corrected chi connectivity index (χ2v) is 6.41. The lowest BCUT2D eigenvalue weighted by Crippen LogP contribution is -2.60. The highest BCUT2D eigenvalue weighted by Crippen LogP contribution is 2.33. The zero-order valence-corrected chi connectivity index (χ0v) is 12.0. The monoisotopic (exact) mass is 252 g/mol. The molecule has 2 fully saturated rings. The Bertz CT molecular complexity index is 305. The van der Waals surface area contributed by atoms with Gasteiger partial charge in [0.25, 0.3) is 0 Å². The molecule has 0 aromatic heterocycles. The molecule has 1 saturated carbocycles. The number of carbonyl (C=O) groups excluding carboxylic acids is 1. The maximum Gasteiger partial charge on any atom is 0.242 e. The van der Waals surface area contributed by atoms with Crippen LogP contribution in [0.1, 0.15) is 65.2 Å². The first-order valence-corrected chi connectivity index (χ1v) is 7.67. The molecule has 0 radical (unpaired) electrons. The molecule has 2 rings (SSSR count). The van der Waals surface area contributed by atoms with Crippen LogP contribution >= 0.6 is 0 Å². The fraction of sp³-hybridized carbons (Fsp3) is 0.933. The third-order valence-electron chi connectivity index (χ3n) is 4.82. The first kappa shape index (κ1) is 13.9. The highest BCUT2D eigenvalue weighted by Gasteiger charge is 2.42. The van der Waals surface area contributed by atoms with Gasteiger partial charge in [-0.05, 0) is 44.4 Å². The van der Waals surface area contributed by atoms with E-state index in [-0.39, 0.29) is 5.91 Å². The summed E-state index contributed by atoms with van der Waals surface area (Å²) in [5.41, 5.74) is 5.88. The maximum absolute atomic E-state index is 12.8. The number of nitrogens with two attached hydrogens (primary N) is 1. The Morgan fingerprint density at radius 3 is 2.78 bits per heavy atom. The van der Waals surface area contributed by atoms with Gasteiger partial charge in [0.15, 0.2) is 0 Å². The molecular weight excluding hydrogens is 224 g/mol. The van der Waals surface area contributed by atoms with Gasteiger partial charge in [0.2, 0.25) is 5.91 Å². The fourth-order valence-corrected chi connectivity index (χ4v) is 3.76. The summed E-state index contributed by atoms with van der Waals surface area (Å²) in [6, 6.07) is 0.434. The van der Waals surface area contributed by atoms with Gasteiger partial charge in [-0.1, -0.05) is 26.7 Å². The van der Waals surface area contributed by atoms with Crippen LogP contribution in [0.3, 0.4) is 0 Å². The van der Waals surface area contributed by atoms with Crippen molar-refractivity contribution in [2.24, 2.45) is 11.7 Å². The Hall–Kier alpha value is -0.570. The Balaban J connectivity index is 2.08. The Morgan fingerprint density at radius 2 is 2.11 bits per heavy atom. The molecule has 3 unspecified atom stereocenters. The molecule has 0 aromatic rings. The van der Waals surface area contributed by atoms with Crippen molar-refractivity contribution in [1.82, 2.24) is 4.90 Å². The van der Waals surface area contributed by atoms with Gasteiger partial charge in [0.1, 0.15) is 0 Å². The Morgan fingerprint density at radius 1 is 1.33 bits per heavy atom. The third-order valence-corrected chi connectivity index (χ3v) is 4.82. The molecule has 18 heavy (non-hydrogen) atoms. The molecule has 1 amide bonds. The average molecular weight is 252 g/mol. The van der Waals surface area contributed by atoms with Gasteiger partial charge in [-0.25, -0.2) is 0 Å². The van der Waals surface area contributed by atoms with Crippen LogP contribution in [0.15, 0.2) is 0 Å². The molecule has 1 aliphatic heterocycles. The second-order valence-electron chi connectivity index (χ2n) is 6.41. The van der Waals surface area contributed by atoms with Crippen molar-refractivity contribution >= 4 is 5.91 Å². The van der Waals surface area contributed by atoms with E-state index in [9.17, 15) is 4.79 Å². The highest BCUT2D eigenvalue weighted by atomic mass is 16.2. The van der Waals surface area contributed by atoms with Crippen LogP contribution in [0.4, 0.5) is 0 Å². The maximum atomic E-state index is 12.8. The van der Waals surface area contributed by atoms with Crippen molar-refractivity contribution in [2.75, 3.05) is 6.54 Å². The summed E-state index contributed by atoms with van der Waals surface area (Å²) in [7, 11) is 0. The summed E-state index contributed by atoms with van der Waals surface area (Å²) >= 11 is 0. The number of piperidine rings is 1. The van der Waals surface area contributed by atoms with E-state index in [4.69, 9.17) is 5.73 Å². The predicted molar refractivity (Wildman–Crippen MR) is 74.2 cm³/mol. The molecule has 1 saturated heterocycles. The molecule has 3 atom stereocenters. The topological polar surface area (TPSA) is 46.3 Å². The van der Waals surface area contributed by atoms with E-state index in [1.165, 1.54) is 12.8 Å². The summed E-state index contributed by atoms with van der Waals surface area (Å²) in [6.07, 6.45) is 8.72. The second kappa shape index (κ2) is 5.60. The number of hydrogen-bond acceptors (Lipinski definition) is 2. The molecule has 2 aliphatic rings. The molecule has 0 spiro atoms. The average Bonchev–Trinajstić information content (AvgIpc) is 2.37. The number of hydrogen-bond donors (Lipinski definition) is 1. The van der Waals surface area contributed by atoms with Crippen LogP contribution in [0, 0.1) is 5.92 Å². The third kappa shape index (κ3) is 2.71. The normalized spacial score (nSPS) is 37.6. The van der Waals surface area contributed by atoms with Crippen molar-refractivity contribution in [3.63, 3.8) is 0 Å². The molecule has 3 nitrogen and oxygen atoms in total. The fourth-order valence-electron chi connectivity index (χ4n) is 3.76. The zero-order chi connectivity index (χ0) is 13.2. The van der Waals surface area contributed by atoms with E-state index >= 15 is 0 Å². The molecule has 0 aromatic carbocycles. The lowest BCUT2D eigenvalue weighted by Gasteiger charge is -2.43. The van der Waals surface area contributed by atoms with Crippen molar-refractivity contribution in [2.45, 2.75) is 76.8 Å². The lowest BCUT2D eigenvalue weighted by atomic mass is 9.75. The van der Waals surface area contributed by atoms with E-state index in [1.54, 1.807) is 0 Å². The standard InChI is InChI=1S/C15H28N2O/c1-3-13-8-4-5-10-17(13)14(18)15(16)9-6-7-12(2)11-15/h12-13H,3-11,16H2,1-2H3. The molecule has 1 heterocycles. The molecule has 3 heteroatoms. The van der Waals surface area contributed by atoms with E-state index in [0.717, 1.165) is 45.1 Å². The van der Waals surface area contributed by atoms with Crippen molar-refractivity contribution in [3.05, 3.63) is 0 Å². The smallest absolute Gasteiger partial charge is 0.242 e. The van der Waals surface area contributed by atoms with Crippen molar-refractivity contribution in [3.8, 4) is 0 Å². The van der Waals surface area contributed by atoms with E-state index < -0.39 is 5.54 Å². The van der Waals surface area contributed by atoms with E-state index in [2.05, 4.69) is 18.7 Å². The van der Waals surface area contributed by atoms with Crippen LogP contribution in [-0.4, -0.2) is 28.9 Å². The van der Waals surface area contributed by atoms with Crippen molar-refractivity contribution < 1.29 is 4.79 Å². The molecular formula is C15H28N2O. The molecule has 2 N–H and O–H groups in total. The number of likely N-dealkylation sites (tertiary alicyclic amines) is 1. The minimum Gasteiger partial charge on any atom is -0.338 e. The number of nitrogens with zero attached hydrogens (tertiary/aromatic N) is 1. The number of amides is 1. The van der Waals surface area contributed by atoms with Crippen LogP contribution in [-0.2, 0) is 4.79 Å². The Kier molecular flexibility index (Phi) is 4.31.